The molecular formula is C14H11NO2S. The molecule has 1 saturated heterocycles. The van der Waals surface area contributed by atoms with Crippen molar-refractivity contribution in [2.24, 2.45) is 0 Å². The molecule has 2 aromatic rings. The van der Waals surface area contributed by atoms with Crippen LogP contribution in [0.4, 0.5) is 0 Å². The van der Waals surface area contributed by atoms with E-state index in [-0.39, 0.29) is 17.7 Å². The SMILES string of the molecule is O=C1c2c(sc3ccccc23)CN2C(=O)CCC12. The van der Waals surface area contributed by atoms with Crippen molar-refractivity contribution >= 4 is 33.1 Å². The van der Waals surface area contributed by atoms with Gasteiger partial charge in [-0.15, -0.1) is 11.3 Å². The highest BCUT2D eigenvalue weighted by atomic mass is 32.1. The van der Waals surface area contributed by atoms with Crippen LogP contribution in [0.5, 0.6) is 0 Å². The van der Waals surface area contributed by atoms with E-state index in [4.69, 9.17) is 0 Å². The fourth-order valence-electron chi connectivity index (χ4n) is 3.00. The summed E-state index contributed by atoms with van der Waals surface area (Å²) in [5.74, 6) is 0.260. The minimum Gasteiger partial charge on any atom is -0.327 e. The maximum absolute atomic E-state index is 12.5. The number of rotatable bonds is 0. The number of benzene rings is 1. The third-order valence-electron chi connectivity index (χ3n) is 3.86. The standard InChI is InChI=1S/C14H11NO2S/c16-12-6-5-9-14(17)13-8-3-1-2-4-10(8)18-11(13)7-15(9)12/h1-4,9H,5-7H2. The molecule has 0 N–H and O–H groups in total. The van der Waals surface area contributed by atoms with Crippen molar-refractivity contribution in [3.05, 3.63) is 34.7 Å². The molecule has 0 radical (unpaired) electrons. The van der Waals surface area contributed by atoms with Gasteiger partial charge in [-0.05, 0) is 12.5 Å². The maximum Gasteiger partial charge on any atom is 0.223 e. The molecule has 0 saturated carbocycles. The number of Topliss-reactive ketones (excluding diaryl/α,β-unsaturated/α-hetero) is 1. The average molecular weight is 257 g/mol. The topological polar surface area (TPSA) is 37.4 Å². The van der Waals surface area contributed by atoms with E-state index >= 15 is 0 Å². The molecule has 4 heteroatoms. The molecule has 0 aliphatic carbocycles. The van der Waals surface area contributed by atoms with Crippen LogP contribution in [-0.2, 0) is 11.3 Å². The van der Waals surface area contributed by atoms with E-state index in [1.165, 1.54) is 0 Å². The number of hydrogen-bond acceptors (Lipinski definition) is 3. The molecule has 1 aromatic carbocycles. The number of nitrogens with zero attached hydrogens (tertiary/aromatic N) is 1. The molecule has 4 rings (SSSR count). The summed E-state index contributed by atoms with van der Waals surface area (Å²) in [6.07, 6.45) is 1.20. The maximum atomic E-state index is 12.5. The highest BCUT2D eigenvalue weighted by Crippen LogP contribution is 2.39. The first-order valence-corrected chi connectivity index (χ1v) is 6.91. The molecule has 2 aliphatic heterocycles. The smallest absolute Gasteiger partial charge is 0.223 e. The Hall–Kier alpha value is -1.68. The van der Waals surface area contributed by atoms with Gasteiger partial charge in [-0.25, -0.2) is 0 Å². The molecular weight excluding hydrogens is 246 g/mol. The molecule has 18 heavy (non-hydrogen) atoms. The molecule has 2 aliphatic rings. The fraction of sp³-hybridized carbons (Fsp3) is 0.286. The molecule has 90 valence electrons. The zero-order valence-electron chi connectivity index (χ0n) is 9.68. The number of amides is 1. The Morgan fingerprint density at radius 2 is 2.06 bits per heavy atom. The fourth-order valence-corrected chi connectivity index (χ4v) is 4.21. The molecule has 3 heterocycles. The Labute approximate surface area is 108 Å². The monoisotopic (exact) mass is 257 g/mol. The van der Waals surface area contributed by atoms with Crippen LogP contribution in [0.2, 0.25) is 0 Å². The van der Waals surface area contributed by atoms with Gasteiger partial charge in [0.15, 0.2) is 5.78 Å². The lowest BCUT2D eigenvalue weighted by Gasteiger charge is -2.28. The highest BCUT2D eigenvalue weighted by Gasteiger charge is 2.42. The van der Waals surface area contributed by atoms with Crippen molar-refractivity contribution in [3.8, 4) is 0 Å². The van der Waals surface area contributed by atoms with E-state index in [1.807, 2.05) is 24.3 Å². The Bertz CT molecular complexity index is 688. The van der Waals surface area contributed by atoms with Gasteiger partial charge in [-0.1, -0.05) is 18.2 Å². The molecule has 3 nitrogen and oxygen atoms in total. The number of ketones is 1. The van der Waals surface area contributed by atoms with Crippen LogP contribution in [0, 0.1) is 0 Å². The van der Waals surface area contributed by atoms with Gasteiger partial charge in [0, 0.05) is 26.9 Å². The average Bonchev–Trinajstić information content (AvgIpc) is 2.92. The summed E-state index contributed by atoms with van der Waals surface area (Å²) in [6, 6.07) is 7.80. The number of carbonyl (C=O) groups is 2. The van der Waals surface area contributed by atoms with Gasteiger partial charge in [0.1, 0.15) is 0 Å². The minimum atomic E-state index is -0.206. The van der Waals surface area contributed by atoms with Crippen molar-refractivity contribution in [2.75, 3.05) is 0 Å². The lowest BCUT2D eigenvalue weighted by Crippen LogP contribution is -2.41. The van der Waals surface area contributed by atoms with Crippen LogP contribution in [0.15, 0.2) is 24.3 Å². The minimum absolute atomic E-state index is 0.122. The number of fused-ring (bicyclic) bond motifs is 4. The van der Waals surface area contributed by atoms with Gasteiger partial charge in [0.25, 0.3) is 0 Å². The van der Waals surface area contributed by atoms with E-state index in [1.54, 1.807) is 16.2 Å². The Morgan fingerprint density at radius 1 is 1.22 bits per heavy atom. The lowest BCUT2D eigenvalue weighted by molar-refractivity contribution is -0.129. The van der Waals surface area contributed by atoms with Crippen LogP contribution in [-0.4, -0.2) is 22.6 Å². The highest BCUT2D eigenvalue weighted by molar-refractivity contribution is 7.19. The van der Waals surface area contributed by atoms with Gasteiger partial charge in [0.2, 0.25) is 5.91 Å². The second kappa shape index (κ2) is 3.42. The first-order chi connectivity index (χ1) is 8.75. The Balaban J connectivity index is 1.96. The second-order valence-corrected chi connectivity index (χ2v) is 5.97. The van der Waals surface area contributed by atoms with Gasteiger partial charge < -0.3 is 4.90 Å². The zero-order chi connectivity index (χ0) is 12.3. The molecule has 1 atom stereocenters. The van der Waals surface area contributed by atoms with Gasteiger partial charge >= 0.3 is 0 Å². The van der Waals surface area contributed by atoms with Crippen molar-refractivity contribution in [1.82, 2.24) is 4.90 Å². The molecule has 1 amide bonds. The Morgan fingerprint density at radius 3 is 2.94 bits per heavy atom. The number of hydrogen-bond donors (Lipinski definition) is 0. The summed E-state index contributed by atoms with van der Waals surface area (Å²) in [5.41, 5.74) is 0.867. The van der Waals surface area contributed by atoms with Gasteiger partial charge in [-0.2, -0.15) is 0 Å². The van der Waals surface area contributed by atoms with E-state index in [0.29, 0.717) is 19.4 Å². The van der Waals surface area contributed by atoms with Crippen molar-refractivity contribution < 1.29 is 9.59 Å². The number of thiophene rings is 1. The number of carbonyl (C=O) groups excluding carboxylic acids is 2. The van der Waals surface area contributed by atoms with Crippen molar-refractivity contribution in [2.45, 2.75) is 25.4 Å². The molecule has 1 fully saturated rings. The quantitative estimate of drug-likeness (QED) is 0.727. The van der Waals surface area contributed by atoms with Crippen LogP contribution in [0.1, 0.15) is 28.1 Å². The van der Waals surface area contributed by atoms with Crippen LogP contribution < -0.4 is 0 Å². The molecule has 0 spiro atoms. The van der Waals surface area contributed by atoms with Gasteiger partial charge in [-0.3, -0.25) is 9.59 Å². The van der Waals surface area contributed by atoms with Crippen molar-refractivity contribution in [3.63, 3.8) is 0 Å². The lowest BCUT2D eigenvalue weighted by atomic mass is 9.96. The Kier molecular flexibility index (Phi) is 1.95. The van der Waals surface area contributed by atoms with Crippen LogP contribution in [0.25, 0.3) is 10.1 Å². The van der Waals surface area contributed by atoms with Crippen LogP contribution >= 0.6 is 11.3 Å². The van der Waals surface area contributed by atoms with Crippen LogP contribution in [0.3, 0.4) is 0 Å². The third kappa shape index (κ3) is 1.18. The second-order valence-electron chi connectivity index (χ2n) is 4.84. The zero-order valence-corrected chi connectivity index (χ0v) is 10.5. The summed E-state index contributed by atoms with van der Waals surface area (Å²) in [4.78, 5) is 27.1. The van der Waals surface area contributed by atoms with E-state index in [2.05, 4.69) is 0 Å². The van der Waals surface area contributed by atoms with E-state index in [0.717, 1.165) is 20.5 Å². The normalized spacial score (nSPS) is 22.4. The first-order valence-electron chi connectivity index (χ1n) is 6.10. The predicted octanol–water partition coefficient (Wildman–Crippen LogP) is 2.59. The van der Waals surface area contributed by atoms with E-state index < -0.39 is 0 Å². The molecule has 1 aromatic heterocycles. The first kappa shape index (κ1) is 10.3. The molecule has 1 unspecified atom stereocenters. The summed E-state index contributed by atoms with van der Waals surface area (Å²) < 4.78 is 1.14. The predicted molar refractivity (Wildman–Crippen MR) is 69.7 cm³/mol. The molecule has 0 bridgehead atoms. The third-order valence-corrected chi connectivity index (χ3v) is 5.02. The van der Waals surface area contributed by atoms with Gasteiger partial charge in [0.05, 0.1) is 12.6 Å². The summed E-state index contributed by atoms with van der Waals surface area (Å²) >= 11 is 1.64. The van der Waals surface area contributed by atoms with E-state index in [9.17, 15) is 9.59 Å². The summed E-state index contributed by atoms with van der Waals surface area (Å²) in [6.45, 7) is 0.615. The largest absolute Gasteiger partial charge is 0.327 e. The summed E-state index contributed by atoms with van der Waals surface area (Å²) in [7, 11) is 0. The van der Waals surface area contributed by atoms with Crippen molar-refractivity contribution in [1.29, 1.82) is 0 Å². The summed E-state index contributed by atoms with van der Waals surface area (Å²) in [5, 5.41) is 1.06.